The Kier molecular flexibility index (Phi) is 6.19. The molecule has 0 bridgehead atoms. The van der Waals surface area contributed by atoms with Crippen LogP contribution in [0.25, 0.3) is 0 Å². The molecule has 0 radical (unpaired) electrons. The van der Waals surface area contributed by atoms with Crippen molar-refractivity contribution in [3.63, 3.8) is 0 Å². The summed E-state index contributed by atoms with van der Waals surface area (Å²) in [5, 5.41) is 0. The van der Waals surface area contributed by atoms with E-state index < -0.39 is 6.04 Å². The molecule has 4 aliphatic rings. The molecule has 0 saturated carbocycles. The van der Waals surface area contributed by atoms with Crippen molar-refractivity contribution in [3.8, 4) is 0 Å². The summed E-state index contributed by atoms with van der Waals surface area (Å²) in [7, 11) is 3.24. The lowest BCUT2D eigenvalue weighted by Crippen LogP contribution is -2.62. The number of aliphatic imine (C=N–C) groups is 1. The van der Waals surface area contributed by atoms with Crippen molar-refractivity contribution in [2.45, 2.75) is 32.1 Å². The van der Waals surface area contributed by atoms with Gasteiger partial charge in [0.25, 0.3) is 17.8 Å². The molecule has 3 fully saturated rings. The number of carbonyl (C=O) groups excluding carboxylic acids is 2. The molecule has 4 heterocycles. The van der Waals surface area contributed by atoms with Gasteiger partial charge in [-0.3, -0.25) is 24.4 Å². The van der Waals surface area contributed by atoms with E-state index >= 15 is 0 Å². The van der Waals surface area contributed by atoms with Crippen molar-refractivity contribution >= 4 is 23.6 Å². The van der Waals surface area contributed by atoms with Crippen molar-refractivity contribution in [3.05, 3.63) is 0 Å². The first-order chi connectivity index (χ1) is 14.3. The average molecular weight is 422 g/mol. The van der Waals surface area contributed by atoms with Crippen LogP contribution in [0.1, 0.15) is 13.8 Å². The predicted octanol–water partition coefficient (Wildman–Crippen LogP) is -0.857. The van der Waals surface area contributed by atoms with Gasteiger partial charge in [0.2, 0.25) is 0 Å². The lowest BCUT2D eigenvalue weighted by Gasteiger charge is -2.34. The second-order valence-electron chi connectivity index (χ2n) is 8.63. The highest BCUT2D eigenvalue weighted by molar-refractivity contribution is 6.23. The Labute approximate surface area is 177 Å². The first-order valence-corrected chi connectivity index (χ1v) is 10.8. The third-order valence-electron chi connectivity index (χ3n) is 6.23. The standard InChI is InChI=1S/C20H33N6O4/c1-14-11-25(12-15(2)30-14)13-16-21-18-17(19(27)23(4)20(28)22(18)3)26(16)6-5-24-7-9-29-10-8-24/h14-15,17H,5-13H2,1-4H3/q+1. The van der Waals surface area contributed by atoms with Gasteiger partial charge in [0, 0.05) is 46.8 Å². The van der Waals surface area contributed by atoms with Crippen molar-refractivity contribution < 1.29 is 23.6 Å². The molecule has 0 aromatic heterocycles. The zero-order valence-corrected chi connectivity index (χ0v) is 18.4. The van der Waals surface area contributed by atoms with Gasteiger partial charge in [0.15, 0.2) is 0 Å². The largest absolute Gasteiger partial charge is 0.379 e. The second-order valence-corrected chi connectivity index (χ2v) is 8.63. The highest BCUT2D eigenvalue weighted by Gasteiger charge is 2.53. The van der Waals surface area contributed by atoms with Crippen LogP contribution < -0.4 is 0 Å². The molecule has 3 saturated heterocycles. The number of fused-ring (bicyclic) bond motifs is 1. The number of carbonyl (C=O) groups is 2. The van der Waals surface area contributed by atoms with Gasteiger partial charge in [-0.15, -0.1) is 0 Å². The fourth-order valence-corrected chi connectivity index (χ4v) is 4.72. The summed E-state index contributed by atoms with van der Waals surface area (Å²) in [5.74, 6) is 1.18. The summed E-state index contributed by atoms with van der Waals surface area (Å²) in [5.41, 5.74) is 0. The van der Waals surface area contributed by atoms with Crippen molar-refractivity contribution in [2.75, 3.05) is 73.1 Å². The van der Waals surface area contributed by atoms with E-state index in [-0.39, 0.29) is 24.1 Å². The highest BCUT2D eigenvalue weighted by atomic mass is 16.5. The molecule has 3 atom stereocenters. The summed E-state index contributed by atoms with van der Waals surface area (Å²) < 4.78 is 13.4. The molecule has 10 nitrogen and oxygen atoms in total. The van der Waals surface area contributed by atoms with Crippen molar-refractivity contribution in [1.29, 1.82) is 0 Å². The molecule has 0 aromatic carbocycles. The molecular formula is C20H33N6O4+. The highest BCUT2D eigenvalue weighted by Crippen LogP contribution is 2.20. The van der Waals surface area contributed by atoms with Crippen LogP contribution in [0.5, 0.6) is 0 Å². The normalized spacial score (nSPS) is 31.5. The third kappa shape index (κ3) is 4.14. The molecule has 0 N–H and O–H groups in total. The van der Waals surface area contributed by atoms with Crippen LogP contribution in [0.4, 0.5) is 4.79 Å². The minimum atomic E-state index is -0.537. The van der Waals surface area contributed by atoms with Gasteiger partial charge in [-0.2, -0.15) is 0 Å². The van der Waals surface area contributed by atoms with Crippen molar-refractivity contribution in [1.82, 2.24) is 19.6 Å². The maximum atomic E-state index is 13.0. The van der Waals surface area contributed by atoms with Crippen LogP contribution in [-0.4, -0.2) is 139 Å². The number of amides is 3. The van der Waals surface area contributed by atoms with Crippen LogP contribution in [0.15, 0.2) is 4.99 Å². The summed E-state index contributed by atoms with van der Waals surface area (Å²) in [4.78, 5) is 37.7. The lowest BCUT2D eigenvalue weighted by atomic mass is 10.1. The second kappa shape index (κ2) is 8.70. The minimum absolute atomic E-state index is 0.157. The number of hydrogen-bond donors (Lipinski definition) is 0. The van der Waals surface area contributed by atoms with Gasteiger partial charge >= 0.3 is 11.9 Å². The first kappa shape index (κ1) is 21.4. The molecule has 10 heteroatoms. The fraction of sp³-hybridized carbons (Fsp3) is 0.800. The average Bonchev–Trinajstić information content (AvgIpc) is 3.07. The number of hydrogen-bond acceptors (Lipinski definition) is 7. The Morgan fingerprint density at radius 3 is 2.37 bits per heavy atom. The van der Waals surface area contributed by atoms with E-state index in [9.17, 15) is 9.59 Å². The quantitative estimate of drug-likeness (QED) is 0.538. The monoisotopic (exact) mass is 421 g/mol. The first-order valence-electron chi connectivity index (χ1n) is 10.8. The molecule has 4 rings (SSSR count). The number of ether oxygens (including phenoxy) is 2. The number of likely N-dealkylation sites (N-methyl/N-ethyl adjacent to an activating group) is 2. The SMILES string of the molecule is CC1CN(CC2=[N+](CCN3CCOCC3)C3C(=O)N(C)C(=O)N(C)C3=N2)CC(C)O1. The Morgan fingerprint density at radius 2 is 1.70 bits per heavy atom. The van der Waals surface area contributed by atoms with E-state index in [1.807, 2.05) is 0 Å². The lowest BCUT2D eigenvalue weighted by molar-refractivity contribution is -0.536. The smallest absolute Gasteiger partial charge is 0.333 e. The van der Waals surface area contributed by atoms with Crippen molar-refractivity contribution in [2.24, 2.45) is 4.99 Å². The van der Waals surface area contributed by atoms with E-state index in [1.54, 1.807) is 14.1 Å². The third-order valence-corrected chi connectivity index (χ3v) is 6.23. The minimum Gasteiger partial charge on any atom is -0.379 e. The van der Waals surface area contributed by atoms with Gasteiger partial charge in [-0.1, -0.05) is 0 Å². The molecule has 0 aliphatic carbocycles. The Hall–Kier alpha value is -1.88. The van der Waals surface area contributed by atoms with Gasteiger partial charge in [0.05, 0.1) is 32.0 Å². The number of imide groups is 1. The van der Waals surface area contributed by atoms with Gasteiger partial charge < -0.3 is 9.47 Å². The Bertz CT molecular complexity index is 752. The summed E-state index contributed by atoms with van der Waals surface area (Å²) in [6.45, 7) is 11.2. The zero-order chi connectivity index (χ0) is 21.4. The Morgan fingerprint density at radius 1 is 1.03 bits per heavy atom. The molecular weight excluding hydrogens is 388 g/mol. The number of amidine groups is 2. The van der Waals surface area contributed by atoms with Crippen LogP contribution in [-0.2, 0) is 14.3 Å². The summed E-state index contributed by atoms with van der Waals surface area (Å²) >= 11 is 0. The van der Waals surface area contributed by atoms with Gasteiger partial charge in [-0.25, -0.2) is 9.37 Å². The molecule has 166 valence electrons. The topological polar surface area (TPSA) is 80.9 Å². The number of rotatable bonds is 5. The van der Waals surface area contributed by atoms with Crippen LogP contribution in [0.3, 0.4) is 0 Å². The number of morpholine rings is 2. The zero-order valence-electron chi connectivity index (χ0n) is 18.4. The summed E-state index contributed by atoms with van der Waals surface area (Å²) in [6, 6.07) is -0.873. The van der Waals surface area contributed by atoms with Gasteiger partial charge in [-0.05, 0) is 18.8 Å². The summed E-state index contributed by atoms with van der Waals surface area (Å²) in [6.07, 6.45) is 0.314. The molecule has 4 aliphatic heterocycles. The fourth-order valence-electron chi connectivity index (χ4n) is 4.72. The van der Waals surface area contributed by atoms with E-state index in [4.69, 9.17) is 14.5 Å². The maximum Gasteiger partial charge on any atom is 0.333 e. The number of urea groups is 1. The Balaban J connectivity index is 1.58. The van der Waals surface area contributed by atoms with E-state index in [2.05, 4.69) is 28.2 Å². The van der Waals surface area contributed by atoms with Crippen LogP contribution in [0, 0.1) is 0 Å². The maximum absolute atomic E-state index is 13.0. The predicted molar refractivity (Wildman–Crippen MR) is 111 cm³/mol. The number of nitrogens with zero attached hydrogens (tertiary/aromatic N) is 6. The molecule has 30 heavy (non-hydrogen) atoms. The van der Waals surface area contributed by atoms with E-state index in [1.165, 1.54) is 9.80 Å². The molecule has 3 amide bonds. The van der Waals surface area contributed by atoms with E-state index in [0.29, 0.717) is 18.9 Å². The molecule has 0 spiro atoms. The van der Waals surface area contributed by atoms with Gasteiger partial charge in [0.1, 0.15) is 6.54 Å². The van der Waals surface area contributed by atoms with E-state index in [0.717, 1.165) is 51.8 Å². The molecule has 3 unspecified atom stereocenters. The van der Waals surface area contributed by atoms with Crippen LogP contribution in [0.2, 0.25) is 0 Å². The molecule has 0 aromatic rings. The van der Waals surface area contributed by atoms with Crippen LogP contribution >= 0.6 is 0 Å².